The second kappa shape index (κ2) is 8.52. The fraction of sp³-hybridized carbons (Fsp3) is 0.864. The van der Waals surface area contributed by atoms with E-state index in [1.165, 1.54) is 0 Å². The van der Waals surface area contributed by atoms with Gasteiger partial charge in [-0.3, -0.25) is 5.32 Å². The third-order valence-corrected chi connectivity index (χ3v) is 4.24. The minimum absolute atomic E-state index is 0.0186. The van der Waals surface area contributed by atoms with Gasteiger partial charge >= 0.3 is 11.9 Å². The molecule has 2 atom stereocenters. The van der Waals surface area contributed by atoms with Gasteiger partial charge in [-0.15, -0.1) is 0 Å². The van der Waals surface area contributed by atoms with Crippen LogP contribution >= 0.6 is 0 Å². The predicted octanol–water partition coefficient (Wildman–Crippen LogP) is 4.05. The third-order valence-electron chi connectivity index (χ3n) is 4.24. The van der Waals surface area contributed by atoms with E-state index in [2.05, 4.69) is 53.8 Å². The van der Waals surface area contributed by atoms with Crippen LogP contribution in [0.25, 0.3) is 0 Å². The lowest BCUT2D eigenvalue weighted by molar-refractivity contribution is -0.164. The monoisotopic (exact) mass is 399 g/mol. The van der Waals surface area contributed by atoms with Gasteiger partial charge < -0.3 is 14.3 Å². The largest absolute Gasteiger partial charge is 0.457 e. The second-order valence-corrected chi connectivity index (χ2v) is 11.7. The van der Waals surface area contributed by atoms with E-state index in [1.807, 2.05) is 34.5 Å². The minimum atomic E-state index is -0.789. The zero-order valence-corrected chi connectivity index (χ0v) is 19.7. The third kappa shape index (κ3) is 7.90. The van der Waals surface area contributed by atoms with Crippen LogP contribution < -0.4 is 5.32 Å². The van der Waals surface area contributed by atoms with Crippen molar-refractivity contribution in [1.82, 2.24) is 5.32 Å². The molecule has 1 N–H and O–H groups in total. The Labute approximate surface area is 171 Å². The molecule has 2 unspecified atom stereocenters. The summed E-state index contributed by atoms with van der Waals surface area (Å²) in [7, 11) is 0. The molecule has 0 saturated carbocycles. The maximum Gasteiger partial charge on any atom is 0.348 e. The molecule has 0 aromatic rings. The molecule has 2 saturated heterocycles. The molecule has 0 bridgehead atoms. The molecule has 2 aliphatic rings. The lowest BCUT2D eigenvalue weighted by Gasteiger charge is -2.26. The highest BCUT2D eigenvalue weighted by Gasteiger charge is 2.68. The zero-order valence-electron chi connectivity index (χ0n) is 19.7. The smallest absolute Gasteiger partial charge is 0.348 e. The summed E-state index contributed by atoms with van der Waals surface area (Å²) >= 11 is 0. The van der Waals surface area contributed by atoms with Gasteiger partial charge in [0.25, 0.3) is 0 Å². The van der Waals surface area contributed by atoms with Crippen LogP contribution in [-0.4, -0.2) is 41.5 Å². The van der Waals surface area contributed by atoms with Gasteiger partial charge in [-0.2, -0.15) is 0 Å². The predicted molar refractivity (Wildman–Crippen MR) is 111 cm³/mol. The van der Waals surface area contributed by atoms with Crippen molar-refractivity contribution < 1.29 is 23.9 Å². The highest BCUT2D eigenvalue weighted by atomic mass is 16.6. The van der Waals surface area contributed by atoms with E-state index >= 15 is 0 Å². The van der Waals surface area contributed by atoms with Gasteiger partial charge in [-0.25, -0.2) is 9.59 Å². The van der Waals surface area contributed by atoms with Gasteiger partial charge in [0.1, 0.15) is 17.9 Å². The lowest BCUT2D eigenvalue weighted by atomic mass is 9.79. The first kappa shape index (κ1) is 26.6. The summed E-state index contributed by atoms with van der Waals surface area (Å²) in [6, 6.07) is 0. The molecule has 0 radical (unpaired) electrons. The highest BCUT2D eigenvalue weighted by Crippen LogP contribution is 2.47. The van der Waals surface area contributed by atoms with Crippen LogP contribution in [-0.2, 0) is 23.9 Å². The highest BCUT2D eigenvalue weighted by molar-refractivity contribution is 5.90. The molecule has 0 spiro atoms. The van der Waals surface area contributed by atoms with Crippen molar-refractivity contribution in [2.45, 2.75) is 112 Å². The number of hydrogen-bond acceptors (Lipinski definition) is 6. The van der Waals surface area contributed by atoms with Crippen LogP contribution in [0.4, 0.5) is 0 Å². The molecule has 2 rings (SSSR count). The van der Waals surface area contributed by atoms with Crippen molar-refractivity contribution in [3.8, 4) is 0 Å². The van der Waals surface area contributed by atoms with Gasteiger partial charge in [0.15, 0.2) is 0 Å². The van der Waals surface area contributed by atoms with E-state index in [-0.39, 0.29) is 16.9 Å². The van der Waals surface area contributed by atoms with E-state index in [0.717, 1.165) is 0 Å². The first-order chi connectivity index (χ1) is 12.3. The molecular formula is C22H41NO5. The molecule has 0 aliphatic carbocycles. The van der Waals surface area contributed by atoms with E-state index in [9.17, 15) is 9.59 Å². The standard InChI is InChI=1S/C16H27NO4.C5H12.CH2O/c1-13(2,3)9-16(15(6,7)17-16)12(19)20-10-8-14(4,5)21-11(10)18;1-5(2,3)4;1-2/h10,17H,8-9H2,1-7H3;1-4H3;1H2. The Kier molecular flexibility index (Phi) is 8.08. The molecule has 0 aromatic carbocycles. The maximum absolute atomic E-state index is 12.6. The van der Waals surface area contributed by atoms with Gasteiger partial charge in [-0.05, 0) is 44.9 Å². The van der Waals surface area contributed by atoms with Crippen LogP contribution in [0.2, 0.25) is 0 Å². The van der Waals surface area contributed by atoms with Gasteiger partial charge in [-0.1, -0.05) is 48.5 Å². The number of rotatable bonds is 3. The van der Waals surface area contributed by atoms with Gasteiger partial charge in [0.2, 0.25) is 6.10 Å². The van der Waals surface area contributed by atoms with Crippen LogP contribution in [0.1, 0.15) is 89.0 Å². The summed E-state index contributed by atoms with van der Waals surface area (Å²) in [5.41, 5.74) is -1.10. The Balaban J connectivity index is 0.000000906. The summed E-state index contributed by atoms with van der Waals surface area (Å²) in [6.07, 6.45) is 0.281. The van der Waals surface area contributed by atoms with Crippen LogP contribution in [0, 0.1) is 10.8 Å². The first-order valence-corrected chi connectivity index (χ1v) is 9.80. The molecule has 0 aromatic heterocycles. The fourth-order valence-electron chi connectivity index (χ4n) is 3.17. The topological polar surface area (TPSA) is 91.6 Å². The van der Waals surface area contributed by atoms with Crippen molar-refractivity contribution in [3.63, 3.8) is 0 Å². The Bertz CT molecular complexity index is 562. The molecule has 28 heavy (non-hydrogen) atoms. The molecule has 6 nitrogen and oxygen atoms in total. The number of carbonyl (C=O) groups excluding carboxylic acids is 3. The van der Waals surface area contributed by atoms with Crippen molar-refractivity contribution in [1.29, 1.82) is 0 Å². The molecule has 0 amide bonds. The number of cyclic esters (lactones) is 1. The number of nitrogens with one attached hydrogen (secondary N) is 1. The van der Waals surface area contributed by atoms with E-state index < -0.39 is 23.2 Å². The Morgan fingerprint density at radius 1 is 1.11 bits per heavy atom. The van der Waals surface area contributed by atoms with Crippen molar-refractivity contribution >= 4 is 18.7 Å². The number of esters is 2. The SMILES string of the molecule is C=O.CC(C)(C)C.CC(C)(C)CC1(C(=O)OC2CC(C)(C)OC2=O)NC1(C)C. The Hall–Kier alpha value is -1.43. The fourth-order valence-corrected chi connectivity index (χ4v) is 3.17. The number of ether oxygens (including phenoxy) is 2. The second-order valence-electron chi connectivity index (χ2n) is 11.7. The van der Waals surface area contributed by atoms with E-state index in [4.69, 9.17) is 14.3 Å². The number of hydrogen-bond donors (Lipinski definition) is 1. The summed E-state index contributed by atoms with van der Waals surface area (Å²) in [4.78, 5) is 32.4. The van der Waals surface area contributed by atoms with Crippen LogP contribution in [0.3, 0.4) is 0 Å². The van der Waals surface area contributed by atoms with Gasteiger partial charge in [0, 0.05) is 12.0 Å². The van der Waals surface area contributed by atoms with Gasteiger partial charge in [0.05, 0.1) is 0 Å². The van der Waals surface area contributed by atoms with E-state index in [0.29, 0.717) is 18.3 Å². The maximum atomic E-state index is 12.6. The van der Waals surface area contributed by atoms with Crippen LogP contribution in [0.5, 0.6) is 0 Å². The zero-order chi connectivity index (χ0) is 22.8. The summed E-state index contributed by atoms with van der Waals surface area (Å²) < 4.78 is 10.7. The molecular weight excluding hydrogens is 358 g/mol. The lowest BCUT2D eigenvalue weighted by Crippen LogP contribution is -2.40. The summed E-state index contributed by atoms with van der Waals surface area (Å²) in [5.74, 6) is -0.792. The quantitative estimate of drug-likeness (QED) is 0.569. The average Bonchev–Trinajstić information content (AvgIpc) is 2.85. The summed E-state index contributed by atoms with van der Waals surface area (Å²) in [5, 5.41) is 3.26. The van der Waals surface area contributed by atoms with Crippen molar-refractivity contribution in [2.75, 3.05) is 0 Å². The molecule has 164 valence electrons. The van der Waals surface area contributed by atoms with E-state index in [1.54, 1.807) is 0 Å². The minimum Gasteiger partial charge on any atom is -0.457 e. The Morgan fingerprint density at radius 2 is 1.50 bits per heavy atom. The number of carbonyl (C=O) groups is 3. The first-order valence-electron chi connectivity index (χ1n) is 9.80. The molecule has 2 heterocycles. The Morgan fingerprint density at radius 3 is 1.75 bits per heavy atom. The molecule has 2 aliphatic heterocycles. The summed E-state index contributed by atoms with van der Waals surface area (Å²) in [6.45, 7) is 24.6. The van der Waals surface area contributed by atoms with Crippen molar-refractivity contribution in [2.24, 2.45) is 10.8 Å². The van der Waals surface area contributed by atoms with Crippen LogP contribution in [0.15, 0.2) is 0 Å². The van der Waals surface area contributed by atoms with Crippen molar-refractivity contribution in [3.05, 3.63) is 0 Å². The normalized spacial score (nSPS) is 27.4. The average molecular weight is 400 g/mol. The molecule has 2 fully saturated rings. The molecule has 6 heteroatoms.